The lowest BCUT2D eigenvalue weighted by molar-refractivity contribution is -0.147. The molecule has 0 bridgehead atoms. The number of hydrogen-bond acceptors (Lipinski definition) is 6. The fourth-order valence-electron chi connectivity index (χ4n) is 2.92. The van der Waals surface area contributed by atoms with Crippen LogP contribution in [0.1, 0.15) is 37.8 Å². The number of esters is 1. The van der Waals surface area contributed by atoms with Gasteiger partial charge >= 0.3 is 11.6 Å². The zero-order valence-electron chi connectivity index (χ0n) is 17.1. The summed E-state index contributed by atoms with van der Waals surface area (Å²) in [5.41, 5.74) is 1.91. The van der Waals surface area contributed by atoms with Gasteiger partial charge in [-0.05, 0) is 35.7 Å². The Bertz CT molecular complexity index is 1110. The molecule has 0 spiro atoms. The zero-order valence-corrected chi connectivity index (χ0v) is 17.1. The molecule has 0 aliphatic rings. The van der Waals surface area contributed by atoms with E-state index >= 15 is 0 Å². The van der Waals surface area contributed by atoms with Gasteiger partial charge in [-0.3, -0.25) is 4.79 Å². The van der Waals surface area contributed by atoms with Gasteiger partial charge in [-0.1, -0.05) is 26.0 Å². The van der Waals surface area contributed by atoms with Gasteiger partial charge in [-0.25, -0.2) is 9.59 Å². The maximum Gasteiger partial charge on any atom is 0.344 e. The van der Waals surface area contributed by atoms with Crippen molar-refractivity contribution in [2.45, 2.75) is 33.3 Å². The predicted molar refractivity (Wildman–Crippen MR) is 113 cm³/mol. The van der Waals surface area contributed by atoms with E-state index in [0.717, 1.165) is 0 Å². The van der Waals surface area contributed by atoms with Crippen molar-refractivity contribution in [3.05, 3.63) is 70.1 Å². The summed E-state index contributed by atoms with van der Waals surface area (Å²) in [6, 6.07) is 13.7. The molecule has 156 valence electrons. The largest absolute Gasteiger partial charge is 0.482 e. The third-order valence-electron chi connectivity index (χ3n) is 4.44. The number of fused-ring (bicyclic) bond motifs is 1. The van der Waals surface area contributed by atoms with Gasteiger partial charge in [0.1, 0.15) is 17.9 Å². The van der Waals surface area contributed by atoms with Crippen molar-refractivity contribution in [1.82, 2.24) is 0 Å². The predicted octanol–water partition coefficient (Wildman–Crippen LogP) is 4.00. The van der Waals surface area contributed by atoms with Gasteiger partial charge < -0.3 is 19.2 Å². The molecule has 30 heavy (non-hydrogen) atoms. The number of nitrogens with one attached hydrogen (secondary N) is 1. The number of amides is 1. The van der Waals surface area contributed by atoms with Crippen molar-refractivity contribution < 1.29 is 23.5 Å². The highest BCUT2D eigenvalue weighted by atomic mass is 16.6. The minimum absolute atomic E-state index is 0.101. The number of benzene rings is 2. The van der Waals surface area contributed by atoms with Crippen LogP contribution in [-0.2, 0) is 20.9 Å². The molecule has 0 unspecified atom stereocenters. The Labute approximate surface area is 173 Å². The molecule has 7 heteroatoms. The first-order chi connectivity index (χ1) is 14.3. The molecule has 0 saturated carbocycles. The van der Waals surface area contributed by atoms with Crippen molar-refractivity contribution in [3.63, 3.8) is 0 Å². The Hall–Kier alpha value is -3.61. The summed E-state index contributed by atoms with van der Waals surface area (Å²) < 4.78 is 15.9. The first-order valence-electron chi connectivity index (χ1n) is 9.54. The maximum absolute atomic E-state index is 12.1. The molecule has 0 aliphatic carbocycles. The first kappa shape index (κ1) is 21.1. The highest BCUT2D eigenvalue weighted by Gasteiger charge is 2.11. The van der Waals surface area contributed by atoms with Crippen LogP contribution in [0, 0.1) is 0 Å². The minimum atomic E-state index is -0.574. The number of carbonyl (C=O) groups is 2. The highest BCUT2D eigenvalue weighted by molar-refractivity contribution is 5.92. The minimum Gasteiger partial charge on any atom is -0.482 e. The molecule has 3 rings (SSSR count). The van der Waals surface area contributed by atoms with Crippen molar-refractivity contribution in [2.24, 2.45) is 0 Å². The fourth-order valence-corrected chi connectivity index (χ4v) is 2.92. The van der Waals surface area contributed by atoms with Gasteiger partial charge in [0.25, 0.3) is 0 Å². The van der Waals surface area contributed by atoms with E-state index in [-0.39, 0.29) is 19.1 Å². The molecule has 3 aromatic rings. The normalized spacial score (nSPS) is 10.8. The Morgan fingerprint density at radius 2 is 1.80 bits per heavy atom. The van der Waals surface area contributed by atoms with E-state index in [1.807, 2.05) is 24.3 Å². The molecular formula is C23H23NO6. The number of carbonyl (C=O) groups excluding carboxylic acids is 2. The fraction of sp³-hybridized carbons (Fsp3) is 0.261. The lowest BCUT2D eigenvalue weighted by atomic mass is 10.0. The van der Waals surface area contributed by atoms with E-state index in [4.69, 9.17) is 13.9 Å². The van der Waals surface area contributed by atoms with E-state index in [1.165, 1.54) is 18.6 Å². The Morgan fingerprint density at radius 3 is 2.47 bits per heavy atom. The summed E-state index contributed by atoms with van der Waals surface area (Å²) in [5.74, 6) is 0.198. The van der Waals surface area contributed by atoms with E-state index < -0.39 is 11.6 Å². The maximum atomic E-state index is 12.1. The average molecular weight is 409 g/mol. The molecule has 0 fully saturated rings. The smallest absolute Gasteiger partial charge is 0.344 e. The number of hydrogen-bond donors (Lipinski definition) is 1. The van der Waals surface area contributed by atoms with E-state index in [0.29, 0.717) is 33.9 Å². The molecule has 1 aromatic heterocycles. The van der Waals surface area contributed by atoms with Crippen molar-refractivity contribution in [2.75, 3.05) is 11.9 Å². The first-order valence-corrected chi connectivity index (χ1v) is 9.54. The molecule has 1 amide bonds. The molecule has 0 radical (unpaired) electrons. The van der Waals surface area contributed by atoms with Gasteiger partial charge in [0.15, 0.2) is 6.61 Å². The standard InChI is InChI=1S/C23H23NO6/c1-14(2)16-4-7-19(8-5-16)28-13-23(27)29-12-17-10-22(26)30-21-11-18(24-15(3)25)6-9-20(17)21/h4-11,14H,12-13H2,1-3H3,(H,24,25). The Balaban J connectivity index is 1.63. The lowest BCUT2D eigenvalue weighted by Gasteiger charge is -2.10. The number of rotatable bonds is 7. The van der Waals surface area contributed by atoms with Crippen molar-refractivity contribution >= 4 is 28.5 Å². The monoisotopic (exact) mass is 409 g/mol. The van der Waals surface area contributed by atoms with Crippen LogP contribution in [0.5, 0.6) is 5.75 Å². The van der Waals surface area contributed by atoms with Gasteiger partial charge in [0, 0.05) is 35.7 Å². The molecule has 0 saturated heterocycles. The number of ether oxygens (including phenoxy) is 2. The molecule has 1 N–H and O–H groups in total. The van der Waals surface area contributed by atoms with Crippen LogP contribution in [0.4, 0.5) is 5.69 Å². The van der Waals surface area contributed by atoms with Crippen LogP contribution >= 0.6 is 0 Å². The van der Waals surface area contributed by atoms with Crippen molar-refractivity contribution in [3.8, 4) is 5.75 Å². The molecular weight excluding hydrogens is 386 g/mol. The SMILES string of the molecule is CC(=O)Nc1ccc2c(COC(=O)COc3ccc(C(C)C)cc3)cc(=O)oc2c1. The van der Waals surface area contributed by atoms with Gasteiger partial charge in [0.05, 0.1) is 0 Å². The van der Waals surface area contributed by atoms with E-state index in [1.54, 1.807) is 18.2 Å². The van der Waals surface area contributed by atoms with Crippen LogP contribution in [0.15, 0.2) is 57.7 Å². The van der Waals surface area contributed by atoms with Crippen molar-refractivity contribution in [1.29, 1.82) is 0 Å². The van der Waals surface area contributed by atoms with Crippen LogP contribution < -0.4 is 15.7 Å². The second-order valence-electron chi connectivity index (χ2n) is 7.16. The summed E-state index contributed by atoms with van der Waals surface area (Å²) in [4.78, 5) is 35.1. The average Bonchev–Trinajstić information content (AvgIpc) is 2.70. The third kappa shape index (κ3) is 5.47. The molecule has 1 heterocycles. The second-order valence-corrected chi connectivity index (χ2v) is 7.16. The van der Waals surface area contributed by atoms with Gasteiger partial charge in [0.2, 0.25) is 5.91 Å². The summed E-state index contributed by atoms with van der Waals surface area (Å²) in [6.07, 6.45) is 0. The number of anilines is 1. The summed E-state index contributed by atoms with van der Waals surface area (Å²) in [7, 11) is 0. The van der Waals surface area contributed by atoms with Crippen LogP contribution in [0.3, 0.4) is 0 Å². The topological polar surface area (TPSA) is 94.8 Å². The van der Waals surface area contributed by atoms with Gasteiger partial charge in [-0.2, -0.15) is 0 Å². The summed E-state index contributed by atoms with van der Waals surface area (Å²) in [5, 5.41) is 3.24. The molecule has 2 aromatic carbocycles. The Morgan fingerprint density at radius 1 is 1.07 bits per heavy atom. The Kier molecular flexibility index (Phi) is 6.51. The van der Waals surface area contributed by atoms with Crippen LogP contribution in [-0.4, -0.2) is 18.5 Å². The third-order valence-corrected chi connectivity index (χ3v) is 4.44. The molecule has 0 atom stereocenters. The lowest BCUT2D eigenvalue weighted by Crippen LogP contribution is -2.15. The highest BCUT2D eigenvalue weighted by Crippen LogP contribution is 2.22. The quantitative estimate of drug-likeness (QED) is 0.468. The van der Waals surface area contributed by atoms with E-state index in [9.17, 15) is 14.4 Å². The second kappa shape index (κ2) is 9.26. The van der Waals surface area contributed by atoms with Gasteiger partial charge in [-0.15, -0.1) is 0 Å². The molecule has 0 aliphatic heterocycles. The zero-order chi connectivity index (χ0) is 21.7. The van der Waals surface area contributed by atoms with E-state index in [2.05, 4.69) is 19.2 Å². The summed E-state index contributed by atoms with van der Waals surface area (Å²) >= 11 is 0. The summed E-state index contributed by atoms with van der Waals surface area (Å²) in [6.45, 7) is 5.24. The molecule has 7 nitrogen and oxygen atoms in total. The van der Waals surface area contributed by atoms with Crippen LogP contribution in [0.25, 0.3) is 11.0 Å². The van der Waals surface area contributed by atoms with Crippen LogP contribution in [0.2, 0.25) is 0 Å².